The van der Waals surface area contributed by atoms with E-state index in [0.29, 0.717) is 28.9 Å². The van der Waals surface area contributed by atoms with Crippen molar-refractivity contribution in [3.05, 3.63) is 87.7 Å². The van der Waals surface area contributed by atoms with Gasteiger partial charge < -0.3 is 9.47 Å². The lowest BCUT2D eigenvalue weighted by Crippen LogP contribution is -2.19. The molecule has 0 saturated heterocycles. The van der Waals surface area contributed by atoms with Crippen molar-refractivity contribution >= 4 is 28.9 Å². The number of ether oxygens (including phenoxy) is 2. The minimum absolute atomic E-state index is 0.132. The van der Waals surface area contributed by atoms with Crippen molar-refractivity contribution in [2.75, 3.05) is 12.5 Å². The first kappa shape index (κ1) is 26.8. The monoisotopic (exact) mass is 511 g/mol. The molecule has 1 aromatic heterocycles. The summed E-state index contributed by atoms with van der Waals surface area (Å²) >= 11 is 12.2. The minimum atomic E-state index is -0.396. The molecule has 184 valence electrons. The highest BCUT2D eigenvalue weighted by Gasteiger charge is 2.26. The second kappa shape index (κ2) is 10.8. The molecule has 35 heavy (non-hydrogen) atoms. The first-order valence-electron chi connectivity index (χ1n) is 11.5. The van der Waals surface area contributed by atoms with Crippen LogP contribution in [-0.4, -0.2) is 22.5 Å². The van der Waals surface area contributed by atoms with Crippen LogP contribution in [0.2, 0.25) is 5.02 Å². The molecule has 0 amide bonds. The Labute approximate surface area is 218 Å². The smallest absolute Gasteiger partial charge is 0.229 e. The van der Waals surface area contributed by atoms with E-state index in [-0.39, 0.29) is 11.5 Å². The van der Waals surface area contributed by atoms with Gasteiger partial charge in [-0.25, -0.2) is 14.8 Å². The quantitative estimate of drug-likeness (QED) is 0.226. The van der Waals surface area contributed by atoms with Crippen molar-refractivity contribution in [1.82, 2.24) is 9.97 Å². The Kier molecular flexibility index (Phi) is 8.30. The maximum Gasteiger partial charge on any atom is 0.229 e. The van der Waals surface area contributed by atoms with Crippen LogP contribution >= 0.6 is 23.2 Å². The van der Waals surface area contributed by atoms with Crippen molar-refractivity contribution in [3.8, 4) is 11.5 Å². The SMILES string of the molecule is [C-]#[N+]c1cc(C(C)(C)c2ccc(OC(C)c3ccnc(C(C)(C)C)n3)cc2)cc(Cl)c1OCCCl. The van der Waals surface area contributed by atoms with E-state index in [2.05, 4.69) is 44.4 Å². The molecule has 0 aliphatic heterocycles. The third-order valence-corrected chi connectivity index (χ3v) is 6.28. The number of nitrogens with zero attached hydrogens (tertiary/aromatic N) is 3. The lowest BCUT2D eigenvalue weighted by molar-refractivity contribution is 0.220. The van der Waals surface area contributed by atoms with Crippen molar-refractivity contribution < 1.29 is 9.47 Å². The van der Waals surface area contributed by atoms with Gasteiger partial charge in [0.05, 0.1) is 29.8 Å². The van der Waals surface area contributed by atoms with Gasteiger partial charge in [-0.2, -0.15) is 0 Å². The molecule has 1 heterocycles. The lowest BCUT2D eigenvalue weighted by atomic mass is 9.78. The number of alkyl halides is 1. The molecule has 5 nitrogen and oxygen atoms in total. The van der Waals surface area contributed by atoms with Gasteiger partial charge >= 0.3 is 0 Å². The molecule has 2 aromatic carbocycles. The normalized spacial score (nSPS) is 12.7. The molecule has 7 heteroatoms. The third kappa shape index (κ3) is 6.25. The van der Waals surface area contributed by atoms with E-state index in [1.54, 1.807) is 6.20 Å². The third-order valence-electron chi connectivity index (χ3n) is 5.84. The van der Waals surface area contributed by atoms with Crippen LogP contribution in [0.4, 0.5) is 5.69 Å². The number of benzene rings is 2. The van der Waals surface area contributed by atoms with Gasteiger partial charge in [0.25, 0.3) is 0 Å². The summed E-state index contributed by atoms with van der Waals surface area (Å²) in [6.07, 6.45) is 1.56. The predicted octanol–water partition coefficient (Wildman–Crippen LogP) is 8.06. The van der Waals surface area contributed by atoms with E-state index in [0.717, 1.165) is 28.4 Å². The van der Waals surface area contributed by atoms with Crippen LogP contribution in [0.25, 0.3) is 4.85 Å². The van der Waals surface area contributed by atoms with Crippen LogP contribution in [-0.2, 0) is 10.8 Å². The lowest BCUT2D eigenvalue weighted by Gasteiger charge is -2.28. The summed E-state index contributed by atoms with van der Waals surface area (Å²) in [5.41, 5.74) is 2.67. The summed E-state index contributed by atoms with van der Waals surface area (Å²) in [5, 5.41) is 0.403. The van der Waals surface area contributed by atoms with Crippen LogP contribution in [0.1, 0.15) is 70.3 Å². The Morgan fingerprint density at radius 2 is 1.71 bits per heavy atom. The summed E-state index contributed by atoms with van der Waals surface area (Å²) in [7, 11) is 0. The van der Waals surface area contributed by atoms with Crippen molar-refractivity contribution in [3.63, 3.8) is 0 Å². The molecule has 0 saturated carbocycles. The molecule has 0 spiro atoms. The van der Waals surface area contributed by atoms with Crippen LogP contribution in [0.5, 0.6) is 11.5 Å². The van der Waals surface area contributed by atoms with Crippen molar-refractivity contribution in [2.45, 2.75) is 58.5 Å². The van der Waals surface area contributed by atoms with Gasteiger partial charge in [0, 0.05) is 17.0 Å². The molecule has 0 fully saturated rings. The van der Waals surface area contributed by atoms with Gasteiger partial charge in [0.2, 0.25) is 5.69 Å². The molecule has 3 aromatic rings. The second-order valence-electron chi connectivity index (χ2n) is 9.92. The Morgan fingerprint density at radius 3 is 2.31 bits per heavy atom. The molecule has 0 radical (unpaired) electrons. The number of rotatable bonds is 8. The molecule has 3 rings (SSSR count). The topological polar surface area (TPSA) is 48.6 Å². The molecule has 0 N–H and O–H groups in total. The standard InChI is InChI=1S/C28H31Cl2N3O2/c1-18(23-12-14-32-26(33-23)27(2,3)4)35-21-10-8-19(9-11-21)28(5,6)20-16-22(30)25(34-15-13-29)24(17-20)31-7/h8-12,14,16-18H,13,15H2,1-6H3. The van der Waals surface area contributed by atoms with Gasteiger partial charge in [0.1, 0.15) is 23.4 Å². The van der Waals surface area contributed by atoms with E-state index >= 15 is 0 Å². The zero-order valence-electron chi connectivity index (χ0n) is 21.0. The fourth-order valence-corrected chi connectivity index (χ4v) is 3.99. The Hall–Kier alpha value is -2.81. The molecule has 0 aliphatic carbocycles. The molecular formula is C28H31Cl2N3O2. The highest BCUT2D eigenvalue weighted by molar-refractivity contribution is 6.32. The van der Waals surface area contributed by atoms with E-state index < -0.39 is 5.41 Å². The van der Waals surface area contributed by atoms with E-state index in [9.17, 15) is 0 Å². The molecular weight excluding hydrogens is 481 g/mol. The highest BCUT2D eigenvalue weighted by atomic mass is 35.5. The van der Waals surface area contributed by atoms with Gasteiger partial charge in [-0.3, -0.25) is 0 Å². The summed E-state index contributed by atoms with van der Waals surface area (Å²) in [4.78, 5) is 12.7. The summed E-state index contributed by atoms with van der Waals surface area (Å²) in [5.74, 6) is 2.24. The Bertz CT molecular complexity index is 1210. The molecule has 1 unspecified atom stereocenters. The second-order valence-corrected chi connectivity index (χ2v) is 10.7. The molecule has 1 atom stereocenters. The predicted molar refractivity (Wildman–Crippen MR) is 142 cm³/mol. The van der Waals surface area contributed by atoms with Gasteiger partial charge in [-0.15, -0.1) is 11.6 Å². The molecule has 0 aliphatic rings. The number of aromatic nitrogens is 2. The highest BCUT2D eigenvalue weighted by Crippen LogP contribution is 2.42. The maximum absolute atomic E-state index is 7.56. The average Bonchev–Trinajstić information content (AvgIpc) is 2.82. The van der Waals surface area contributed by atoms with Gasteiger partial charge in [-0.05, 0) is 48.4 Å². The zero-order chi connectivity index (χ0) is 25.8. The van der Waals surface area contributed by atoms with Gasteiger partial charge in [-0.1, -0.05) is 58.4 Å². The number of hydrogen-bond acceptors (Lipinski definition) is 4. The summed E-state index contributed by atoms with van der Waals surface area (Å²) in [6.45, 7) is 20.3. The summed E-state index contributed by atoms with van der Waals surface area (Å²) < 4.78 is 11.8. The Morgan fingerprint density at radius 1 is 1.03 bits per heavy atom. The van der Waals surface area contributed by atoms with Crippen molar-refractivity contribution in [1.29, 1.82) is 0 Å². The van der Waals surface area contributed by atoms with E-state index in [1.807, 2.05) is 49.4 Å². The fraction of sp³-hybridized carbons (Fsp3) is 0.393. The Balaban J connectivity index is 1.82. The average molecular weight is 512 g/mol. The molecule has 0 bridgehead atoms. The first-order chi connectivity index (χ1) is 16.5. The van der Waals surface area contributed by atoms with Crippen LogP contribution in [0, 0.1) is 6.57 Å². The van der Waals surface area contributed by atoms with Crippen LogP contribution < -0.4 is 9.47 Å². The number of halogens is 2. The van der Waals surface area contributed by atoms with Gasteiger partial charge in [0.15, 0.2) is 0 Å². The van der Waals surface area contributed by atoms with E-state index in [4.69, 9.17) is 44.2 Å². The number of hydrogen-bond donors (Lipinski definition) is 0. The van der Waals surface area contributed by atoms with Crippen LogP contribution in [0.3, 0.4) is 0 Å². The minimum Gasteiger partial charge on any atom is -0.502 e. The maximum atomic E-state index is 7.56. The van der Waals surface area contributed by atoms with Crippen molar-refractivity contribution in [2.24, 2.45) is 0 Å². The van der Waals surface area contributed by atoms with E-state index in [1.165, 1.54) is 0 Å². The largest absolute Gasteiger partial charge is 0.502 e. The summed E-state index contributed by atoms with van der Waals surface area (Å²) in [6, 6.07) is 13.5. The zero-order valence-corrected chi connectivity index (χ0v) is 22.5. The first-order valence-corrected chi connectivity index (χ1v) is 12.4. The van der Waals surface area contributed by atoms with Crippen LogP contribution in [0.15, 0.2) is 48.7 Å². The fourth-order valence-electron chi connectivity index (χ4n) is 3.65.